The second kappa shape index (κ2) is 9.40. The lowest BCUT2D eigenvalue weighted by Gasteiger charge is -2.19. The Morgan fingerprint density at radius 2 is 2.00 bits per heavy atom. The zero-order valence-corrected chi connectivity index (χ0v) is 13.3. The van der Waals surface area contributed by atoms with E-state index in [0.717, 1.165) is 24.8 Å². The predicted octanol–water partition coefficient (Wildman–Crippen LogP) is 3.20. The van der Waals surface area contributed by atoms with Crippen LogP contribution in [0.25, 0.3) is 0 Å². The van der Waals surface area contributed by atoms with E-state index in [1.54, 1.807) is 13.0 Å². The van der Waals surface area contributed by atoms with Crippen molar-refractivity contribution in [1.29, 1.82) is 0 Å². The van der Waals surface area contributed by atoms with Gasteiger partial charge in [0.2, 0.25) is 0 Å². The molecule has 0 heterocycles. The maximum Gasteiger partial charge on any atom is 0.260 e. The van der Waals surface area contributed by atoms with Crippen LogP contribution in [0.1, 0.15) is 58.1 Å². The van der Waals surface area contributed by atoms with E-state index in [9.17, 15) is 9.90 Å². The van der Waals surface area contributed by atoms with E-state index >= 15 is 0 Å². The van der Waals surface area contributed by atoms with Crippen molar-refractivity contribution in [1.82, 2.24) is 5.32 Å². The van der Waals surface area contributed by atoms with Crippen LogP contribution in [0.5, 0.6) is 5.75 Å². The van der Waals surface area contributed by atoms with Crippen molar-refractivity contribution in [2.75, 3.05) is 6.54 Å². The van der Waals surface area contributed by atoms with E-state index in [2.05, 4.69) is 12.2 Å². The van der Waals surface area contributed by atoms with E-state index < -0.39 is 12.2 Å². The first kappa shape index (κ1) is 17.5. The van der Waals surface area contributed by atoms with Crippen molar-refractivity contribution in [2.24, 2.45) is 0 Å². The molecule has 0 fully saturated rings. The van der Waals surface area contributed by atoms with Gasteiger partial charge >= 0.3 is 0 Å². The summed E-state index contributed by atoms with van der Waals surface area (Å²) >= 11 is 0. The third-order valence-corrected chi connectivity index (χ3v) is 3.42. The molecule has 1 rings (SSSR count). The van der Waals surface area contributed by atoms with Crippen molar-refractivity contribution in [3.63, 3.8) is 0 Å². The van der Waals surface area contributed by atoms with Gasteiger partial charge in [0.15, 0.2) is 6.10 Å². The molecule has 2 N–H and O–H groups in total. The van der Waals surface area contributed by atoms with Crippen molar-refractivity contribution in [3.8, 4) is 5.75 Å². The summed E-state index contributed by atoms with van der Waals surface area (Å²) in [4.78, 5) is 12.0. The van der Waals surface area contributed by atoms with Gasteiger partial charge in [-0.25, -0.2) is 0 Å². The highest BCUT2D eigenvalue weighted by Gasteiger charge is 2.17. The number of unbranched alkanes of at least 4 members (excludes halogenated alkanes) is 2. The lowest BCUT2D eigenvalue weighted by molar-refractivity contribution is -0.127. The van der Waals surface area contributed by atoms with Crippen LogP contribution in [-0.4, -0.2) is 23.7 Å². The number of para-hydroxylation sites is 1. The predicted molar refractivity (Wildman–Crippen MR) is 84.3 cm³/mol. The molecule has 4 heteroatoms. The number of carbonyl (C=O) groups is 1. The number of ether oxygens (including phenoxy) is 1. The van der Waals surface area contributed by atoms with Gasteiger partial charge in [-0.1, -0.05) is 44.9 Å². The van der Waals surface area contributed by atoms with E-state index in [4.69, 9.17) is 4.74 Å². The maximum atomic E-state index is 12.0. The molecule has 4 nitrogen and oxygen atoms in total. The lowest BCUT2D eigenvalue weighted by Crippen LogP contribution is -2.37. The SMILES string of the molecule is CCCCCNC(=O)C(C)Oc1ccccc1[C@H](O)CC. The number of amides is 1. The lowest BCUT2D eigenvalue weighted by atomic mass is 10.1. The van der Waals surface area contributed by atoms with Crippen LogP contribution in [0.2, 0.25) is 0 Å². The summed E-state index contributed by atoms with van der Waals surface area (Å²) in [6.45, 7) is 6.44. The fourth-order valence-corrected chi connectivity index (χ4v) is 2.06. The standard InChI is InChI=1S/C17H27NO3/c1-4-6-9-12-18-17(20)13(3)21-16-11-8-7-10-14(16)15(19)5-2/h7-8,10-11,13,15,19H,4-6,9,12H2,1-3H3,(H,18,20)/t13?,15-/m1/s1. The summed E-state index contributed by atoms with van der Waals surface area (Å²) < 4.78 is 5.72. The van der Waals surface area contributed by atoms with Gasteiger partial charge in [0.25, 0.3) is 5.91 Å². The van der Waals surface area contributed by atoms with Crippen molar-refractivity contribution < 1.29 is 14.6 Å². The zero-order chi connectivity index (χ0) is 15.7. The monoisotopic (exact) mass is 293 g/mol. The van der Waals surface area contributed by atoms with Crippen LogP contribution in [0.15, 0.2) is 24.3 Å². The fourth-order valence-electron chi connectivity index (χ4n) is 2.06. The molecule has 1 unspecified atom stereocenters. The minimum atomic E-state index is -0.572. The Labute approximate surface area is 127 Å². The van der Waals surface area contributed by atoms with E-state index in [1.807, 2.05) is 25.1 Å². The molecule has 0 saturated heterocycles. The van der Waals surface area contributed by atoms with Crippen LogP contribution >= 0.6 is 0 Å². The number of hydrogen-bond acceptors (Lipinski definition) is 3. The number of hydrogen-bond donors (Lipinski definition) is 2. The molecule has 0 aliphatic heterocycles. The van der Waals surface area contributed by atoms with Crippen LogP contribution in [0.4, 0.5) is 0 Å². The van der Waals surface area contributed by atoms with Gasteiger partial charge in [0.05, 0.1) is 6.10 Å². The van der Waals surface area contributed by atoms with Crippen molar-refractivity contribution in [2.45, 2.75) is 58.7 Å². The molecular weight excluding hydrogens is 266 g/mol. The summed E-state index contributed by atoms with van der Waals surface area (Å²) in [6.07, 6.45) is 2.70. The van der Waals surface area contributed by atoms with Gasteiger partial charge < -0.3 is 15.2 Å². The topological polar surface area (TPSA) is 58.6 Å². The molecular formula is C17H27NO3. The van der Waals surface area contributed by atoms with E-state index in [-0.39, 0.29) is 5.91 Å². The largest absolute Gasteiger partial charge is 0.481 e. The highest BCUT2D eigenvalue weighted by atomic mass is 16.5. The fraction of sp³-hybridized carbons (Fsp3) is 0.588. The molecule has 0 radical (unpaired) electrons. The first-order valence-corrected chi connectivity index (χ1v) is 7.81. The average molecular weight is 293 g/mol. The Morgan fingerprint density at radius 1 is 1.29 bits per heavy atom. The summed E-state index contributed by atoms with van der Waals surface area (Å²) in [5.41, 5.74) is 0.727. The number of benzene rings is 1. The molecule has 1 amide bonds. The summed E-state index contributed by atoms with van der Waals surface area (Å²) in [5.74, 6) is 0.454. The van der Waals surface area contributed by atoms with Gasteiger partial charge in [-0.3, -0.25) is 4.79 Å². The van der Waals surface area contributed by atoms with Gasteiger partial charge in [-0.15, -0.1) is 0 Å². The second-order valence-electron chi connectivity index (χ2n) is 5.22. The molecule has 0 spiro atoms. The summed E-state index contributed by atoms with van der Waals surface area (Å²) in [6, 6.07) is 7.31. The molecule has 118 valence electrons. The zero-order valence-electron chi connectivity index (χ0n) is 13.3. The summed E-state index contributed by atoms with van der Waals surface area (Å²) in [5, 5.41) is 12.9. The molecule has 0 aliphatic carbocycles. The number of carbonyl (C=O) groups excluding carboxylic acids is 1. The molecule has 0 aromatic heterocycles. The third kappa shape index (κ3) is 5.76. The quantitative estimate of drug-likeness (QED) is 0.687. The first-order valence-electron chi connectivity index (χ1n) is 7.81. The number of aliphatic hydroxyl groups excluding tert-OH is 1. The van der Waals surface area contributed by atoms with Crippen LogP contribution in [0, 0.1) is 0 Å². The highest BCUT2D eigenvalue weighted by molar-refractivity contribution is 5.80. The average Bonchev–Trinajstić information content (AvgIpc) is 2.51. The Kier molecular flexibility index (Phi) is 7.83. The second-order valence-corrected chi connectivity index (χ2v) is 5.22. The van der Waals surface area contributed by atoms with Gasteiger partial charge in [-0.2, -0.15) is 0 Å². The Morgan fingerprint density at radius 3 is 2.67 bits per heavy atom. The minimum Gasteiger partial charge on any atom is -0.481 e. The highest BCUT2D eigenvalue weighted by Crippen LogP contribution is 2.27. The van der Waals surface area contributed by atoms with E-state index in [1.165, 1.54) is 0 Å². The molecule has 1 aromatic rings. The van der Waals surface area contributed by atoms with Crippen LogP contribution in [-0.2, 0) is 4.79 Å². The minimum absolute atomic E-state index is 0.119. The van der Waals surface area contributed by atoms with Crippen molar-refractivity contribution >= 4 is 5.91 Å². The molecule has 2 atom stereocenters. The smallest absolute Gasteiger partial charge is 0.260 e. The Hall–Kier alpha value is -1.55. The number of rotatable bonds is 9. The van der Waals surface area contributed by atoms with Gasteiger partial charge in [0, 0.05) is 12.1 Å². The Bertz CT molecular complexity index is 434. The molecule has 0 aliphatic rings. The molecule has 0 bridgehead atoms. The van der Waals surface area contributed by atoms with E-state index in [0.29, 0.717) is 18.7 Å². The van der Waals surface area contributed by atoms with Crippen LogP contribution in [0.3, 0.4) is 0 Å². The first-order chi connectivity index (χ1) is 10.1. The molecule has 1 aromatic carbocycles. The number of nitrogens with one attached hydrogen (secondary N) is 1. The normalized spacial score (nSPS) is 13.5. The van der Waals surface area contributed by atoms with Crippen molar-refractivity contribution in [3.05, 3.63) is 29.8 Å². The number of aliphatic hydroxyl groups is 1. The molecule has 21 heavy (non-hydrogen) atoms. The van der Waals surface area contributed by atoms with Gasteiger partial charge in [0.1, 0.15) is 5.75 Å². The van der Waals surface area contributed by atoms with Crippen LogP contribution < -0.4 is 10.1 Å². The summed E-state index contributed by atoms with van der Waals surface area (Å²) in [7, 11) is 0. The Balaban J connectivity index is 2.58. The molecule has 0 saturated carbocycles. The maximum absolute atomic E-state index is 12.0. The third-order valence-electron chi connectivity index (χ3n) is 3.42. The van der Waals surface area contributed by atoms with Gasteiger partial charge in [-0.05, 0) is 25.8 Å².